The number of halogens is 1. The molecule has 1 aromatic carbocycles. The molecular formula is C29H34FNaO7. The molecule has 3 saturated carbocycles. The normalized spacial score (nSPS) is 41.2. The maximum absolute atomic E-state index is 17.4. The summed E-state index contributed by atoms with van der Waals surface area (Å²) in [7, 11) is 0. The topological polar surface area (TPSA) is 121 Å². The van der Waals surface area contributed by atoms with Gasteiger partial charge in [-0.25, -0.2) is 9.18 Å². The first-order valence-corrected chi connectivity index (χ1v) is 12.8. The van der Waals surface area contributed by atoms with Gasteiger partial charge in [0.15, 0.2) is 17.1 Å². The SMILES string of the molecule is C[C@H]1C[C@H]2[C@@H]3CCC4=CC(=O)C=C[C@]4(C)[C@@]3(F)[C@@H](O)C[C@]2(C)[C@@]1(OC(=O)c1ccccc1O)C(=O)CO.[H-].[Na+]. The Balaban J connectivity index is 0.00000210. The minimum atomic E-state index is -2.10. The van der Waals surface area contributed by atoms with Crippen molar-refractivity contribution >= 4 is 17.5 Å². The molecular weight excluding hydrogens is 502 g/mol. The molecule has 7 nitrogen and oxygen atoms in total. The zero-order chi connectivity index (χ0) is 27.0. The van der Waals surface area contributed by atoms with Crippen molar-refractivity contribution in [3.63, 3.8) is 0 Å². The van der Waals surface area contributed by atoms with Crippen LogP contribution in [-0.2, 0) is 14.3 Å². The van der Waals surface area contributed by atoms with E-state index in [1.165, 1.54) is 24.3 Å². The Hall–Kier alpha value is -1.84. The van der Waals surface area contributed by atoms with Gasteiger partial charge in [0, 0.05) is 22.7 Å². The number of alkyl halides is 1. The van der Waals surface area contributed by atoms with Crippen molar-refractivity contribution in [3.05, 3.63) is 53.6 Å². The van der Waals surface area contributed by atoms with E-state index in [0.29, 0.717) is 24.8 Å². The number of benzene rings is 1. The van der Waals surface area contributed by atoms with Gasteiger partial charge in [-0.05, 0) is 62.8 Å². The summed E-state index contributed by atoms with van der Waals surface area (Å²) in [5, 5.41) is 31.8. The van der Waals surface area contributed by atoms with Gasteiger partial charge in [-0.3, -0.25) is 9.59 Å². The maximum Gasteiger partial charge on any atom is 1.00 e. The van der Waals surface area contributed by atoms with Crippen LogP contribution in [0.4, 0.5) is 4.39 Å². The number of allylic oxidation sites excluding steroid dienone is 4. The molecule has 3 fully saturated rings. The second-order valence-corrected chi connectivity index (χ2v) is 11.6. The third-order valence-electron chi connectivity index (χ3n) is 10.1. The van der Waals surface area contributed by atoms with Crippen molar-refractivity contribution in [2.75, 3.05) is 6.61 Å². The number of hydrogen-bond acceptors (Lipinski definition) is 7. The first-order chi connectivity index (χ1) is 17.4. The van der Waals surface area contributed by atoms with Crippen LogP contribution < -0.4 is 29.6 Å². The number of phenols is 1. The molecule has 0 spiro atoms. The summed E-state index contributed by atoms with van der Waals surface area (Å²) in [5.74, 6) is -3.86. The summed E-state index contributed by atoms with van der Waals surface area (Å²) >= 11 is 0. The first kappa shape index (κ1) is 29.2. The van der Waals surface area contributed by atoms with Gasteiger partial charge in [0.2, 0.25) is 5.78 Å². The van der Waals surface area contributed by atoms with Gasteiger partial charge in [0.05, 0.1) is 6.10 Å². The molecule has 0 radical (unpaired) electrons. The quantitative estimate of drug-likeness (QED) is 0.380. The number of ketones is 2. The van der Waals surface area contributed by atoms with Crippen LogP contribution in [0, 0.1) is 28.6 Å². The zero-order valence-electron chi connectivity index (χ0n) is 23.2. The van der Waals surface area contributed by atoms with Crippen LogP contribution >= 0.6 is 0 Å². The average molecular weight is 537 g/mol. The van der Waals surface area contributed by atoms with Crippen molar-refractivity contribution in [3.8, 4) is 5.75 Å². The molecule has 0 aromatic heterocycles. The van der Waals surface area contributed by atoms with Gasteiger partial charge < -0.3 is 21.5 Å². The van der Waals surface area contributed by atoms with Crippen LogP contribution in [0.1, 0.15) is 58.2 Å². The van der Waals surface area contributed by atoms with Gasteiger partial charge in [0.25, 0.3) is 0 Å². The van der Waals surface area contributed by atoms with Gasteiger partial charge in [0.1, 0.15) is 17.9 Å². The third kappa shape index (κ3) is 3.60. The predicted molar refractivity (Wildman–Crippen MR) is 132 cm³/mol. The van der Waals surface area contributed by atoms with Crippen LogP contribution in [0.2, 0.25) is 0 Å². The van der Waals surface area contributed by atoms with Crippen molar-refractivity contribution in [2.45, 2.75) is 63.8 Å². The minimum absolute atomic E-state index is 0. The molecule has 9 heteroatoms. The fourth-order valence-corrected chi connectivity index (χ4v) is 8.36. The fourth-order valence-electron chi connectivity index (χ4n) is 8.36. The number of phenolic OH excluding ortho intramolecular Hbond substituents is 1. The number of aliphatic hydroxyl groups excluding tert-OH is 2. The molecule has 5 rings (SSSR count). The molecule has 4 aliphatic carbocycles. The number of aliphatic hydroxyl groups is 2. The number of carbonyl (C=O) groups excluding carboxylic acids is 3. The standard InChI is InChI=1S/C29H33FO7.Na.H/c1-16-12-21-20-9-8-17-13-18(32)10-11-26(17,2)28(20,30)23(34)14-27(21,3)29(16,24(35)15-31)37-25(36)19-6-4-5-7-22(19)33;;/h4-7,10-11,13,16,20-21,23,31,33-34H,8-9,12,14-15H2,1-3H3;;/q;+1;-1/t16-,20-,21-,23-,26-,27-,28-,29-;;/m0../s1. The summed E-state index contributed by atoms with van der Waals surface area (Å²) < 4.78 is 23.4. The van der Waals surface area contributed by atoms with Crippen LogP contribution in [0.15, 0.2) is 48.1 Å². The second-order valence-electron chi connectivity index (χ2n) is 11.6. The number of aromatic hydroxyl groups is 1. The van der Waals surface area contributed by atoms with E-state index in [4.69, 9.17) is 4.74 Å². The van der Waals surface area contributed by atoms with E-state index in [9.17, 15) is 29.7 Å². The summed E-state index contributed by atoms with van der Waals surface area (Å²) in [4.78, 5) is 38.9. The van der Waals surface area contributed by atoms with E-state index in [1.54, 1.807) is 39.0 Å². The Morgan fingerprint density at radius 1 is 1.21 bits per heavy atom. The molecule has 0 unspecified atom stereocenters. The number of rotatable bonds is 4. The molecule has 3 N–H and O–H groups in total. The van der Waals surface area contributed by atoms with E-state index in [1.807, 2.05) is 0 Å². The number of Topliss-reactive ketones (excluding diaryl/α,β-unsaturated/α-hetero) is 1. The number of para-hydroxylation sites is 1. The van der Waals surface area contributed by atoms with Crippen LogP contribution in [0.5, 0.6) is 5.75 Å². The van der Waals surface area contributed by atoms with Crippen molar-refractivity contribution in [2.24, 2.45) is 28.6 Å². The van der Waals surface area contributed by atoms with E-state index in [-0.39, 0.29) is 54.5 Å². The number of hydrogen-bond donors (Lipinski definition) is 3. The van der Waals surface area contributed by atoms with E-state index >= 15 is 4.39 Å². The van der Waals surface area contributed by atoms with Crippen molar-refractivity contribution in [1.82, 2.24) is 0 Å². The van der Waals surface area contributed by atoms with Crippen LogP contribution in [0.3, 0.4) is 0 Å². The Bertz CT molecular complexity index is 1250. The number of fused-ring (bicyclic) bond motifs is 5. The van der Waals surface area contributed by atoms with Crippen molar-refractivity contribution < 1.29 is 69.8 Å². The molecule has 38 heavy (non-hydrogen) atoms. The number of ether oxygens (including phenoxy) is 1. The summed E-state index contributed by atoms with van der Waals surface area (Å²) in [6.07, 6.45) is 3.84. The molecule has 4 aliphatic rings. The fraction of sp³-hybridized carbons (Fsp3) is 0.552. The second kappa shape index (κ2) is 9.66. The number of carbonyl (C=O) groups is 3. The predicted octanol–water partition coefficient (Wildman–Crippen LogP) is 0.583. The number of esters is 1. The van der Waals surface area contributed by atoms with Crippen LogP contribution in [-0.4, -0.2) is 56.8 Å². The summed E-state index contributed by atoms with van der Waals surface area (Å²) in [6, 6.07) is 5.81. The zero-order valence-corrected chi connectivity index (χ0v) is 24.2. The van der Waals surface area contributed by atoms with E-state index in [0.717, 1.165) is 0 Å². The van der Waals surface area contributed by atoms with Gasteiger partial charge in [-0.1, -0.05) is 37.6 Å². The Morgan fingerprint density at radius 3 is 2.55 bits per heavy atom. The van der Waals surface area contributed by atoms with E-state index in [2.05, 4.69) is 0 Å². The Labute approximate surface area is 244 Å². The third-order valence-corrected chi connectivity index (χ3v) is 10.1. The largest absolute Gasteiger partial charge is 1.00 e. The monoisotopic (exact) mass is 536 g/mol. The van der Waals surface area contributed by atoms with Gasteiger partial charge in [-0.15, -0.1) is 0 Å². The van der Waals surface area contributed by atoms with Crippen LogP contribution in [0.25, 0.3) is 0 Å². The summed E-state index contributed by atoms with van der Waals surface area (Å²) in [5.41, 5.74) is -5.78. The smallest absolute Gasteiger partial charge is 1.00 e. The van der Waals surface area contributed by atoms with Gasteiger partial charge >= 0.3 is 35.5 Å². The molecule has 0 bridgehead atoms. The average Bonchev–Trinajstić information content (AvgIpc) is 3.07. The van der Waals surface area contributed by atoms with Crippen molar-refractivity contribution in [1.29, 1.82) is 0 Å². The Kier molecular flexibility index (Phi) is 7.41. The first-order valence-electron chi connectivity index (χ1n) is 12.8. The molecule has 0 saturated heterocycles. The van der Waals surface area contributed by atoms with E-state index < -0.39 is 64.3 Å². The molecule has 8 atom stereocenters. The summed E-state index contributed by atoms with van der Waals surface area (Å²) in [6.45, 7) is 4.31. The van der Waals surface area contributed by atoms with Gasteiger partial charge in [-0.2, -0.15) is 0 Å². The molecule has 0 heterocycles. The molecule has 200 valence electrons. The molecule has 0 aliphatic heterocycles. The molecule has 1 aromatic rings. The maximum atomic E-state index is 17.4. The molecule has 0 amide bonds. The minimum Gasteiger partial charge on any atom is -1.00 e. The Morgan fingerprint density at radius 2 is 1.89 bits per heavy atom.